The molecule has 0 unspecified atom stereocenters. The molecule has 0 aromatic heterocycles. The second kappa shape index (κ2) is 38.1. The third-order valence-electron chi connectivity index (χ3n) is 10.0. The molecule has 0 aromatic carbocycles. The fraction of sp³-hybridized carbons (Fsp3) is 0.955. The number of aliphatic hydroxyl groups is 1. The molecule has 0 heterocycles. The second-order valence-corrected chi connectivity index (χ2v) is 16.1. The van der Waals surface area contributed by atoms with Crippen molar-refractivity contribution in [2.45, 2.75) is 246 Å². The van der Waals surface area contributed by atoms with Gasteiger partial charge in [0, 0.05) is 12.8 Å². The van der Waals surface area contributed by atoms with Gasteiger partial charge in [0.15, 0.2) is 6.10 Å². The molecule has 0 bridgehead atoms. The summed E-state index contributed by atoms with van der Waals surface area (Å²) in [5.74, 6) is 1.13. The minimum Gasteiger partial charge on any atom is -0.462 e. The van der Waals surface area contributed by atoms with Crippen molar-refractivity contribution in [3.05, 3.63) is 0 Å². The molecule has 0 spiro atoms. The molecule has 0 fully saturated rings. The lowest BCUT2D eigenvalue weighted by atomic mass is 10.0. The SMILES string of the molecule is CC(C)CCCCCCCCCCCCCCCCCCC(=O)O[C@@H](CO)COC(=O)CCCCCCCCCCCCCCCC(C)C. The topological polar surface area (TPSA) is 72.8 Å². The first-order valence-electron chi connectivity index (χ1n) is 21.8. The highest BCUT2D eigenvalue weighted by atomic mass is 16.6. The van der Waals surface area contributed by atoms with Crippen LogP contribution in [0.3, 0.4) is 0 Å². The van der Waals surface area contributed by atoms with Crippen molar-refractivity contribution in [1.82, 2.24) is 0 Å². The normalized spacial score (nSPS) is 12.2. The fourth-order valence-electron chi connectivity index (χ4n) is 6.69. The van der Waals surface area contributed by atoms with E-state index in [4.69, 9.17) is 9.47 Å². The Morgan fingerprint density at radius 1 is 0.408 bits per heavy atom. The van der Waals surface area contributed by atoms with Gasteiger partial charge in [0.1, 0.15) is 6.61 Å². The number of esters is 2. The van der Waals surface area contributed by atoms with Gasteiger partial charge < -0.3 is 14.6 Å². The van der Waals surface area contributed by atoms with E-state index in [0.717, 1.165) is 43.9 Å². The highest BCUT2D eigenvalue weighted by Crippen LogP contribution is 2.17. The first-order chi connectivity index (χ1) is 23.8. The van der Waals surface area contributed by atoms with Crippen molar-refractivity contribution in [3.63, 3.8) is 0 Å². The van der Waals surface area contributed by atoms with Crippen LogP contribution in [-0.2, 0) is 19.1 Å². The van der Waals surface area contributed by atoms with Gasteiger partial charge in [-0.25, -0.2) is 0 Å². The summed E-state index contributed by atoms with van der Waals surface area (Å²) >= 11 is 0. The Balaban J connectivity index is 3.47. The maximum atomic E-state index is 12.2. The third kappa shape index (κ3) is 39.5. The van der Waals surface area contributed by atoms with Crippen molar-refractivity contribution in [3.8, 4) is 0 Å². The van der Waals surface area contributed by atoms with Gasteiger partial charge in [-0.15, -0.1) is 0 Å². The lowest BCUT2D eigenvalue weighted by Crippen LogP contribution is -2.28. The van der Waals surface area contributed by atoms with Crippen LogP contribution < -0.4 is 0 Å². The minimum absolute atomic E-state index is 0.0580. The molecular formula is C44H86O5. The number of rotatable bonds is 39. The molecule has 0 aliphatic heterocycles. The van der Waals surface area contributed by atoms with E-state index in [0.29, 0.717) is 12.8 Å². The van der Waals surface area contributed by atoms with Crippen LogP contribution in [0.1, 0.15) is 240 Å². The maximum absolute atomic E-state index is 12.2. The van der Waals surface area contributed by atoms with E-state index in [-0.39, 0.29) is 25.2 Å². The van der Waals surface area contributed by atoms with Crippen molar-refractivity contribution in [2.75, 3.05) is 13.2 Å². The van der Waals surface area contributed by atoms with E-state index in [2.05, 4.69) is 27.7 Å². The zero-order valence-electron chi connectivity index (χ0n) is 33.6. The summed E-state index contributed by atoms with van der Waals surface area (Å²) < 4.78 is 10.6. The summed E-state index contributed by atoms with van der Waals surface area (Å²) in [5.41, 5.74) is 0. The highest BCUT2D eigenvalue weighted by Gasteiger charge is 2.16. The van der Waals surface area contributed by atoms with Gasteiger partial charge in [0.05, 0.1) is 6.61 Å². The van der Waals surface area contributed by atoms with E-state index in [9.17, 15) is 14.7 Å². The van der Waals surface area contributed by atoms with E-state index in [1.807, 2.05) is 0 Å². The molecule has 0 aliphatic carbocycles. The first-order valence-corrected chi connectivity index (χ1v) is 21.8. The quantitative estimate of drug-likeness (QED) is 0.0512. The fourth-order valence-corrected chi connectivity index (χ4v) is 6.69. The van der Waals surface area contributed by atoms with Crippen LogP contribution in [0, 0.1) is 11.8 Å². The zero-order valence-corrected chi connectivity index (χ0v) is 33.6. The average Bonchev–Trinajstić information content (AvgIpc) is 3.07. The molecule has 0 aromatic rings. The summed E-state index contributed by atoms with van der Waals surface area (Å²) in [4.78, 5) is 24.3. The number of hydrogen-bond donors (Lipinski definition) is 1. The zero-order chi connectivity index (χ0) is 36.0. The monoisotopic (exact) mass is 695 g/mol. The Labute approximate surface area is 306 Å². The number of hydrogen-bond acceptors (Lipinski definition) is 5. The van der Waals surface area contributed by atoms with Crippen LogP contribution in [0.2, 0.25) is 0 Å². The van der Waals surface area contributed by atoms with E-state index >= 15 is 0 Å². The smallest absolute Gasteiger partial charge is 0.306 e. The average molecular weight is 695 g/mol. The van der Waals surface area contributed by atoms with Gasteiger partial charge in [0.2, 0.25) is 0 Å². The van der Waals surface area contributed by atoms with Crippen LogP contribution >= 0.6 is 0 Å². The summed E-state index contributed by atoms with van der Waals surface area (Å²) in [6.45, 7) is 8.89. The van der Waals surface area contributed by atoms with Crippen LogP contribution in [0.4, 0.5) is 0 Å². The van der Waals surface area contributed by atoms with E-state index < -0.39 is 6.10 Å². The molecule has 0 rings (SSSR count). The lowest BCUT2D eigenvalue weighted by Gasteiger charge is -2.15. The van der Waals surface area contributed by atoms with Crippen LogP contribution in [0.15, 0.2) is 0 Å². The van der Waals surface area contributed by atoms with Crippen LogP contribution in [0.5, 0.6) is 0 Å². The lowest BCUT2D eigenvalue weighted by molar-refractivity contribution is -0.161. The Morgan fingerprint density at radius 3 is 0.959 bits per heavy atom. The van der Waals surface area contributed by atoms with Crippen LogP contribution in [-0.4, -0.2) is 36.4 Å². The summed E-state index contributed by atoms with van der Waals surface area (Å²) in [6, 6.07) is 0. The highest BCUT2D eigenvalue weighted by molar-refractivity contribution is 5.70. The number of ether oxygens (including phenoxy) is 2. The third-order valence-corrected chi connectivity index (χ3v) is 10.0. The van der Waals surface area contributed by atoms with Crippen LogP contribution in [0.25, 0.3) is 0 Å². The summed E-state index contributed by atoms with van der Waals surface area (Å²) in [7, 11) is 0. The van der Waals surface area contributed by atoms with Gasteiger partial charge in [-0.3, -0.25) is 9.59 Å². The summed E-state index contributed by atoms with van der Waals surface area (Å²) in [6.07, 6.45) is 40.3. The molecule has 0 saturated heterocycles. The molecule has 5 heteroatoms. The van der Waals surface area contributed by atoms with Gasteiger partial charge in [0.25, 0.3) is 0 Å². The second-order valence-electron chi connectivity index (χ2n) is 16.1. The predicted octanol–water partition coefficient (Wildman–Crippen LogP) is 13.6. The van der Waals surface area contributed by atoms with E-state index in [1.165, 1.54) is 167 Å². The molecule has 0 radical (unpaired) electrons. The van der Waals surface area contributed by atoms with Crippen molar-refractivity contribution in [1.29, 1.82) is 0 Å². The molecule has 292 valence electrons. The van der Waals surface area contributed by atoms with Gasteiger partial charge in [-0.2, -0.15) is 0 Å². The number of carbonyl (C=O) groups is 2. The molecule has 0 aliphatic rings. The van der Waals surface area contributed by atoms with Crippen molar-refractivity contribution >= 4 is 11.9 Å². The number of carbonyl (C=O) groups excluding carboxylic acids is 2. The molecule has 0 saturated carbocycles. The molecule has 0 amide bonds. The molecule has 1 N–H and O–H groups in total. The Morgan fingerprint density at radius 2 is 0.673 bits per heavy atom. The molecule has 5 nitrogen and oxygen atoms in total. The Hall–Kier alpha value is -1.10. The number of aliphatic hydroxyl groups excluding tert-OH is 1. The Kier molecular flexibility index (Phi) is 37.3. The first kappa shape index (κ1) is 47.9. The molecule has 1 atom stereocenters. The van der Waals surface area contributed by atoms with Crippen molar-refractivity contribution < 1.29 is 24.2 Å². The molecule has 49 heavy (non-hydrogen) atoms. The predicted molar refractivity (Wildman–Crippen MR) is 210 cm³/mol. The minimum atomic E-state index is -0.763. The van der Waals surface area contributed by atoms with Gasteiger partial charge in [-0.1, -0.05) is 214 Å². The maximum Gasteiger partial charge on any atom is 0.306 e. The standard InChI is InChI=1S/C44H86O5/c1-40(2)34-30-26-22-18-14-10-7-5-6-8-12-17-21-25-29-33-37-44(47)49-42(38-45)39-48-43(46)36-32-28-24-20-16-13-9-11-15-19-23-27-31-35-41(3)4/h40-42,45H,5-39H2,1-4H3/t42-/m0/s1. The van der Waals surface area contributed by atoms with Gasteiger partial charge in [-0.05, 0) is 24.7 Å². The largest absolute Gasteiger partial charge is 0.462 e. The number of unbranched alkanes of at least 4 members (excludes halogenated alkanes) is 27. The van der Waals surface area contributed by atoms with Crippen molar-refractivity contribution in [2.24, 2.45) is 11.8 Å². The van der Waals surface area contributed by atoms with Gasteiger partial charge >= 0.3 is 11.9 Å². The van der Waals surface area contributed by atoms with E-state index in [1.54, 1.807) is 0 Å². The summed E-state index contributed by atoms with van der Waals surface area (Å²) in [5, 5.41) is 9.58. The Bertz CT molecular complexity index is 691. The molecular weight excluding hydrogens is 608 g/mol.